The van der Waals surface area contributed by atoms with Gasteiger partial charge < -0.3 is 15.3 Å². The van der Waals surface area contributed by atoms with Crippen molar-refractivity contribution in [2.24, 2.45) is 5.73 Å². The Labute approximate surface area is 76.3 Å². The minimum Gasteiger partial charge on any atom is -0.481 e. The molecule has 0 radical (unpaired) electrons. The third-order valence-electron chi connectivity index (χ3n) is 1.93. The Morgan fingerprint density at radius 3 is 2.62 bits per heavy atom. The van der Waals surface area contributed by atoms with Crippen molar-refractivity contribution in [2.45, 2.75) is 19.8 Å². The van der Waals surface area contributed by atoms with E-state index in [-0.39, 0.29) is 6.54 Å². The molecule has 1 unspecified atom stereocenters. The second-order valence-electron chi connectivity index (χ2n) is 3.03. The van der Waals surface area contributed by atoms with Gasteiger partial charge >= 0.3 is 5.97 Å². The summed E-state index contributed by atoms with van der Waals surface area (Å²) in [5.74, 6) is -0.492. The largest absolute Gasteiger partial charge is 0.481 e. The number of rotatable bonds is 3. The van der Waals surface area contributed by atoms with Crippen LogP contribution in [0.1, 0.15) is 23.0 Å². The lowest BCUT2D eigenvalue weighted by Gasteiger charge is -2.06. The maximum Gasteiger partial charge on any atom is 0.315 e. The quantitative estimate of drug-likeness (QED) is 0.733. The zero-order chi connectivity index (χ0) is 10.0. The van der Waals surface area contributed by atoms with Crippen LogP contribution in [0.3, 0.4) is 0 Å². The minimum atomic E-state index is -0.944. The zero-order valence-corrected chi connectivity index (χ0v) is 7.70. The Kier molecular flexibility index (Phi) is 2.72. The van der Waals surface area contributed by atoms with Crippen LogP contribution in [-0.4, -0.2) is 17.6 Å². The van der Waals surface area contributed by atoms with Gasteiger partial charge in [0.2, 0.25) is 0 Å². The SMILES string of the molecule is Cc1cc(C)c(C(CN)C(=O)O)o1. The molecule has 1 aromatic heterocycles. The standard InChI is InChI=1S/C9H13NO3/c1-5-3-6(2)13-8(5)7(4-10)9(11)12/h3,7H,4,10H2,1-2H3,(H,11,12). The normalized spacial score (nSPS) is 12.8. The third kappa shape index (κ3) is 1.89. The topological polar surface area (TPSA) is 76.5 Å². The molecule has 13 heavy (non-hydrogen) atoms. The second kappa shape index (κ2) is 3.62. The Morgan fingerprint density at radius 2 is 2.31 bits per heavy atom. The van der Waals surface area contributed by atoms with Crippen molar-refractivity contribution in [3.63, 3.8) is 0 Å². The maximum atomic E-state index is 10.8. The van der Waals surface area contributed by atoms with Crippen LogP contribution in [0, 0.1) is 13.8 Å². The molecule has 1 heterocycles. The predicted molar refractivity (Wildman–Crippen MR) is 47.6 cm³/mol. The van der Waals surface area contributed by atoms with Crippen LogP contribution in [0.15, 0.2) is 10.5 Å². The lowest BCUT2D eigenvalue weighted by molar-refractivity contribution is -0.138. The van der Waals surface area contributed by atoms with E-state index in [0.717, 1.165) is 5.56 Å². The number of nitrogens with two attached hydrogens (primary N) is 1. The number of aryl methyl sites for hydroxylation is 2. The molecule has 0 spiro atoms. The molecule has 0 aliphatic heterocycles. The summed E-state index contributed by atoms with van der Waals surface area (Å²) in [5.41, 5.74) is 6.19. The molecule has 0 amide bonds. The molecule has 0 saturated heterocycles. The Hall–Kier alpha value is -1.29. The van der Waals surface area contributed by atoms with Crippen molar-refractivity contribution in [1.29, 1.82) is 0 Å². The molecule has 0 aliphatic rings. The molecule has 3 N–H and O–H groups in total. The molecule has 4 heteroatoms. The van der Waals surface area contributed by atoms with Gasteiger partial charge in [-0.2, -0.15) is 0 Å². The van der Waals surface area contributed by atoms with E-state index >= 15 is 0 Å². The van der Waals surface area contributed by atoms with Crippen LogP contribution < -0.4 is 5.73 Å². The van der Waals surface area contributed by atoms with Gasteiger partial charge in [0.1, 0.15) is 17.4 Å². The van der Waals surface area contributed by atoms with E-state index in [2.05, 4.69) is 0 Å². The Morgan fingerprint density at radius 1 is 1.69 bits per heavy atom. The predicted octanol–water partition coefficient (Wildman–Crippen LogP) is 1.02. The van der Waals surface area contributed by atoms with Crippen molar-refractivity contribution in [3.8, 4) is 0 Å². The summed E-state index contributed by atoms with van der Waals surface area (Å²) in [7, 11) is 0. The number of aliphatic carboxylic acids is 1. The highest BCUT2D eigenvalue weighted by Crippen LogP contribution is 2.22. The molecule has 0 saturated carbocycles. The van der Waals surface area contributed by atoms with Crippen molar-refractivity contribution >= 4 is 5.97 Å². The minimum absolute atomic E-state index is 0.0587. The summed E-state index contributed by atoms with van der Waals surface area (Å²) in [4.78, 5) is 10.8. The van der Waals surface area contributed by atoms with E-state index in [9.17, 15) is 4.79 Å². The average Bonchev–Trinajstić information content (AvgIpc) is 2.31. The van der Waals surface area contributed by atoms with Gasteiger partial charge in [0.15, 0.2) is 0 Å². The first kappa shape index (κ1) is 9.80. The molecule has 0 aromatic carbocycles. The smallest absolute Gasteiger partial charge is 0.315 e. The van der Waals surface area contributed by atoms with Crippen LogP contribution in [0.25, 0.3) is 0 Å². The first-order valence-electron chi connectivity index (χ1n) is 4.06. The molecule has 0 aliphatic carbocycles. The van der Waals surface area contributed by atoms with Crippen LogP contribution in [0.4, 0.5) is 0 Å². The number of hydrogen-bond donors (Lipinski definition) is 2. The van der Waals surface area contributed by atoms with Gasteiger partial charge in [-0.15, -0.1) is 0 Å². The van der Waals surface area contributed by atoms with Crippen LogP contribution in [0.2, 0.25) is 0 Å². The summed E-state index contributed by atoms with van der Waals surface area (Å²) in [6, 6.07) is 1.81. The van der Waals surface area contributed by atoms with Gasteiger partial charge in [-0.25, -0.2) is 0 Å². The average molecular weight is 183 g/mol. The Balaban J connectivity index is 3.04. The molecule has 1 aromatic rings. The van der Waals surface area contributed by atoms with E-state index in [1.54, 1.807) is 13.0 Å². The maximum absolute atomic E-state index is 10.8. The van der Waals surface area contributed by atoms with E-state index in [1.165, 1.54) is 0 Å². The highest BCUT2D eigenvalue weighted by atomic mass is 16.4. The second-order valence-corrected chi connectivity index (χ2v) is 3.03. The van der Waals surface area contributed by atoms with Gasteiger partial charge in [-0.3, -0.25) is 4.79 Å². The van der Waals surface area contributed by atoms with Gasteiger partial charge in [-0.05, 0) is 25.5 Å². The molecule has 0 bridgehead atoms. The molecule has 1 atom stereocenters. The Bertz CT molecular complexity index is 317. The highest BCUT2D eigenvalue weighted by molar-refractivity contribution is 5.75. The fourth-order valence-corrected chi connectivity index (χ4v) is 1.33. The summed E-state index contributed by atoms with van der Waals surface area (Å²) >= 11 is 0. The first-order valence-corrected chi connectivity index (χ1v) is 4.06. The molecular formula is C9H13NO3. The van der Waals surface area contributed by atoms with Crippen molar-refractivity contribution in [2.75, 3.05) is 6.54 Å². The molecular weight excluding hydrogens is 170 g/mol. The van der Waals surface area contributed by atoms with Crippen LogP contribution in [0.5, 0.6) is 0 Å². The fourth-order valence-electron chi connectivity index (χ4n) is 1.33. The summed E-state index contributed by atoms with van der Waals surface area (Å²) in [5, 5.41) is 8.82. The lowest BCUT2D eigenvalue weighted by Crippen LogP contribution is -2.21. The number of carboxylic acids is 1. The summed E-state index contributed by atoms with van der Waals surface area (Å²) in [6.45, 7) is 3.66. The highest BCUT2D eigenvalue weighted by Gasteiger charge is 2.23. The third-order valence-corrected chi connectivity index (χ3v) is 1.93. The molecule has 4 nitrogen and oxygen atoms in total. The van der Waals surface area contributed by atoms with Gasteiger partial charge in [0, 0.05) is 6.54 Å². The van der Waals surface area contributed by atoms with Gasteiger partial charge in [-0.1, -0.05) is 0 Å². The van der Waals surface area contributed by atoms with Gasteiger partial charge in [0.05, 0.1) is 0 Å². The van der Waals surface area contributed by atoms with E-state index in [4.69, 9.17) is 15.3 Å². The first-order chi connectivity index (χ1) is 6.06. The molecule has 72 valence electrons. The number of carboxylic acid groups (broad SMARTS) is 1. The summed E-state index contributed by atoms with van der Waals surface area (Å²) in [6.07, 6.45) is 0. The van der Waals surface area contributed by atoms with Gasteiger partial charge in [0.25, 0.3) is 0 Å². The van der Waals surface area contributed by atoms with Crippen molar-refractivity contribution in [1.82, 2.24) is 0 Å². The zero-order valence-electron chi connectivity index (χ0n) is 7.70. The molecule has 1 rings (SSSR count). The molecule has 0 fully saturated rings. The van der Waals surface area contributed by atoms with Crippen LogP contribution in [-0.2, 0) is 4.79 Å². The van der Waals surface area contributed by atoms with E-state index in [1.807, 2.05) is 6.92 Å². The van der Waals surface area contributed by atoms with Crippen LogP contribution >= 0.6 is 0 Å². The number of hydrogen-bond acceptors (Lipinski definition) is 3. The van der Waals surface area contributed by atoms with E-state index in [0.29, 0.717) is 11.5 Å². The fraction of sp³-hybridized carbons (Fsp3) is 0.444. The number of carbonyl (C=O) groups is 1. The lowest BCUT2D eigenvalue weighted by atomic mass is 10.0. The number of furan rings is 1. The summed E-state index contributed by atoms with van der Waals surface area (Å²) < 4.78 is 5.27. The van der Waals surface area contributed by atoms with Crippen molar-refractivity contribution < 1.29 is 14.3 Å². The monoisotopic (exact) mass is 183 g/mol. The van der Waals surface area contributed by atoms with E-state index < -0.39 is 11.9 Å². The van der Waals surface area contributed by atoms with Crippen molar-refractivity contribution in [3.05, 3.63) is 23.2 Å².